The Balaban J connectivity index is 1.29. The number of ether oxygens (including phenoxy) is 2. The monoisotopic (exact) mass is 476 g/mol. The van der Waals surface area contributed by atoms with Gasteiger partial charge in [-0.2, -0.15) is 9.97 Å². The molecule has 2 aromatic carbocycles. The molecule has 0 saturated carbocycles. The molecule has 2 atom stereocenters. The minimum atomic E-state index is -0.778. The molecule has 6 nitrogen and oxygen atoms in total. The van der Waals surface area contributed by atoms with Gasteiger partial charge in [0.15, 0.2) is 0 Å². The van der Waals surface area contributed by atoms with Crippen LogP contribution in [0.15, 0.2) is 36.4 Å². The lowest BCUT2D eigenvalue weighted by Crippen LogP contribution is -2.43. The van der Waals surface area contributed by atoms with E-state index >= 15 is 0 Å². The Morgan fingerprint density at radius 3 is 2.83 bits per heavy atom. The van der Waals surface area contributed by atoms with E-state index in [-0.39, 0.29) is 5.54 Å². The molecule has 0 unspecified atom stereocenters. The molecular weight excluding hydrogens is 443 g/mol. The molecule has 3 aromatic rings. The van der Waals surface area contributed by atoms with Crippen molar-refractivity contribution in [2.75, 3.05) is 38.3 Å². The first-order valence-corrected chi connectivity index (χ1v) is 12.8. The van der Waals surface area contributed by atoms with E-state index in [2.05, 4.69) is 58.1 Å². The Hall–Kier alpha value is -2.93. The Morgan fingerprint density at radius 2 is 2.00 bits per heavy atom. The van der Waals surface area contributed by atoms with Gasteiger partial charge < -0.3 is 14.4 Å². The highest BCUT2D eigenvalue weighted by molar-refractivity contribution is 5.97. The summed E-state index contributed by atoms with van der Waals surface area (Å²) in [6.07, 6.45) is 3.61. The van der Waals surface area contributed by atoms with Crippen LogP contribution in [0, 0.1) is 0 Å². The maximum atomic E-state index is 14.2. The first-order chi connectivity index (χ1) is 17.1. The first kappa shape index (κ1) is 22.5. The second-order valence-corrected chi connectivity index (χ2v) is 10.1. The summed E-state index contributed by atoms with van der Waals surface area (Å²) >= 11 is 0. The zero-order chi connectivity index (χ0) is 24.0. The van der Waals surface area contributed by atoms with Crippen LogP contribution in [-0.4, -0.2) is 59.9 Å². The highest BCUT2D eigenvalue weighted by atomic mass is 19.1. The van der Waals surface area contributed by atoms with E-state index in [1.165, 1.54) is 22.0 Å². The number of rotatable bonds is 6. The van der Waals surface area contributed by atoms with Crippen LogP contribution in [-0.2, 0) is 19.4 Å². The van der Waals surface area contributed by atoms with Gasteiger partial charge in [-0.25, -0.2) is 4.39 Å². The van der Waals surface area contributed by atoms with Gasteiger partial charge in [0.1, 0.15) is 12.8 Å². The molecule has 35 heavy (non-hydrogen) atoms. The third-order valence-corrected chi connectivity index (χ3v) is 8.12. The fraction of sp³-hybridized carbons (Fsp3) is 0.500. The van der Waals surface area contributed by atoms with Crippen molar-refractivity contribution in [3.63, 3.8) is 0 Å². The lowest BCUT2D eigenvalue weighted by molar-refractivity contribution is 0.106. The summed E-state index contributed by atoms with van der Waals surface area (Å²) < 4.78 is 26.0. The minimum Gasteiger partial charge on any atom is -0.481 e. The van der Waals surface area contributed by atoms with Gasteiger partial charge in [0.2, 0.25) is 5.88 Å². The van der Waals surface area contributed by atoms with Crippen LogP contribution in [0.2, 0.25) is 0 Å². The molecule has 6 rings (SSSR count). The van der Waals surface area contributed by atoms with E-state index in [0.717, 1.165) is 50.0 Å². The average Bonchev–Trinajstić information content (AvgIpc) is 3.41. The standard InChI is InChI=1S/C28H33FN4O2/c1-3-19-7-4-8-20-9-5-10-24(25(19)20)32-14-11-22-23(17-32)30-27(31-26(22)34-2)35-18-28-12-6-13-33(28)16-21(29)15-28/h4-5,7-10,21H,3,6,11-18H2,1-2H3/t21-,28+/m1/s1. The highest BCUT2D eigenvalue weighted by Crippen LogP contribution is 2.41. The number of methoxy groups -OCH3 is 1. The summed E-state index contributed by atoms with van der Waals surface area (Å²) in [5.41, 5.74) is 4.37. The van der Waals surface area contributed by atoms with E-state index < -0.39 is 6.17 Å². The number of aryl methyl sites for hydroxylation is 1. The lowest BCUT2D eigenvalue weighted by atomic mass is 9.95. The highest BCUT2D eigenvalue weighted by Gasteiger charge is 2.49. The number of benzene rings is 2. The molecule has 0 spiro atoms. The summed E-state index contributed by atoms with van der Waals surface area (Å²) in [7, 11) is 1.65. The lowest BCUT2D eigenvalue weighted by Gasteiger charge is -2.33. The number of halogens is 1. The molecule has 0 amide bonds. The summed E-state index contributed by atoms with van der Waals surface area (Å²) in [6.45, 7) is 5.63. The SMILES string of the molecule is CCc1cccc2cccc(N3CCc4c(nc(OC[C@@]56CCCN5C[C@H](F)C6)nc4OC)C3)c12. The van der Waals surface area contributed by atoms with Crippen molar-refractivity contribution in [3.05, 3.63) is 53.2 Å². The van der Waals surface area contributed by atoms with Crippen molar-refractivity contribution < 1.29 is 13.9 Å². The summed E-state index contributed by atoms with van der Waals surface area (Å²) in [5, 5.41) is 2.58. The molecule has 1 aromatic heterocycles. The topological polar surface area (TPSA) is 50.7 Å². The quantitative estimate of drug-likeness (QED) is 0.513. The molecule has 0 bridgehead atoms. The van der Waals surface area contributed by atoms with Crippen molar-refractivity contribution in [1.82, 2.24) is 14.9 Å². The van der Waals surface area contributed by atoms with Crippen LogP contribution < -0.4 is 14.4 Å². The van der Waals surface area contributed by atoms with Gasteiger partial charge in [-0.1, -0.05) is 37.3 Å². The number of anilines is 1. The molecule has 0 N–H and O–H groups in total. The van der Waals surface area contributed by atoms with Crippen LogP contribution in [0.4, 0.5) is 10.1 Å². The van der Waals surface area contributed by atoms with Crippen molar-refractivity contribution in [2.45, 2.75) is 57.3 Å². The molecule has 4 heterocycles. The Labute approximate surface area is 206 Å². The fourth-order valence-corrected chi connectivity index (χ4v) is 6.42. The van der Waals surface area contributed by atoms with Crippen LogP contribution in [0.5, 0.6) is 11.9 Å². The molecule has 184 valence electrons. The number of alkyl halides is 1. The fourth-order valence-electron chi connectivity index (χ4n) is 6.42. The predicted octanol–water partition coefficient (Wildman–Crippen LogP) is 4.72. The maximum Gasteiger partial charge on any atom is 0.320 e. The van der Waals surface area contributed by atoms with Gasteiger partial charge in [0.05, 0.1) is 24.9 Å². The van der Waals surface area contributed by atoms with Gasteiger partial charge >= 0.3 is 6.01 Å². The smallest absolute Gasteiger partial charge is 0.320 e. The van der Waals surface area contributed by atoms with Crippen molar-refractivity contribution >= 4 is 16.5 Å². The molecular formula is C28H33FN4O2. The molecule has 0 aliphatic carbocycles. The first-order valence-electron chi connectivity index (χ1n) is 12.8. The zero-order valence-corrected chi connectivity index (χ0v) is 20.6. The molecule has 3 aliphatic heterocycles. The van der Waals surface area contributed by atoms with E-state index in [1.807, 2.05) is 0 Å². The van der Waals surface area contributed by atoms with Gasteiger partial charge in [0, 0.05) is 36.1 Å². The third-order valence-electron chi connectivity index (χ3n) is 8.12. The zero-order valence-electron chi connectivity index (χ0n) is 20.6. The predicted molar refractivity (Wildman–Crippen MR) is 135 cm³/mol. The number of hydrogen-bond donors (Lipinski definition) is 0. The van der Waals surface area contributed by atoms with Gasteiger partial charge in [-0.05, 0) is 49.2 Å². The Morgan fingerprint density at radius 1 is 1.14 bits per heavy atom. The Bertz CT molecular complexity index is 1250. The van der Waals surface area contributed by atoms with Gasteiger partial charge in [0.25, 0.3) is 0 Å². The maximum absolute atomic E-state index is 14.2. The molecule has 7 heteroatoms. The van der Waals surface area contributed by atoms with E-state index in [0.29, 0.717) is 38.0 Å². The number of hydrogen-bond acceptors (Lipinski definition) is 6. The van der Waals surface area contributed by atoms with Crippen LogP contribution in [0.25, 0.3) is 10.8 Å². The second kappa shape index (κ2) is 8.94. The molecule has 3 aliphatic rings. The van der Waals surface area contributed by atoms with E-state index in [1.54, 1.807) is 7.11 Å². The summed E-state index contributed by atoms with van der Waals surface area (Å²) in [6, 6.07) is 13.4. The van der Waals surface area contributed by atoms with E-state index in [9.17, 15) is 4.39 Å². The largest absolute Gasteiger partial charge is 0.481 e. The van der Waals surface area contributed by atoms with Crippen LogP contribution in [0.1, 0.15) is 43.0 Å². The van der Waals surface area contributed by atoms with Crippen molar-refractivity contribution in [2.24, 2.45) is 0 Å². The van der Waals surface area contributed by atoms with Gasteiger partial charge in [-0.15, -0.1) is 0 Å². The van der Waals surface area contributed by atoms with Crippen molar-refractivity contribution in [3.8, 4) is 11.9 Å². The van der Waals surface area contributed by atoms with Crippen LogP contribution in [0.3, 0.4) is 0 Å². The average molecular weight is 477 g/mol. The van der Waals surface area contributed by atoms with Crippen molar-refractivity contribution in [1.29, 1.82) is 0 Å². The molecule has 2 fully saturated rings. The van der Waals surface area contributed by atoms with Crippen LogP contribution >= 0.6 is 0 Å². The Kier molecular flexibility index (Phi) is 5.75. The normalized spacial score (nSPS) is 24.0. The van der Waals surface area contributed by atoms with E-state index in [4.69, 9.17) is 14.5 Å². The minimum absolute atomic E-state index is 0.225. The second-order valence-electron chi connectivity index (χ2n) is 10.1. The molecule has 0 radical (unpaired) electrons. The summed E-state index contributed by atoms with van der Waals surface area (Å²) in [4.78, 5) is 14.1. The summed E-state index contributed by atoms with van der Waals surface area (Å²) in [5.74, 6) is 0.590. The van der Waals surface area contributed by atoms with Gasteiger partial charge in [-0.3, -0.25) is 4.90 Å². The number of fused-ring (bicyclic) bond motifs is 3. The number of nitrogens with zero attached hydrogens (tertiary/aromatic N) is 4. The molecule has 2 saturated heterocycles. The number of aromatic nitrogens is 2. The third kappa shape index (κ3) is 3.90.